The van der Waals surface area contributed by atoms with Gasteiger partial charge in [-0.2, -0.15) is 0 Å². The van der Waals surface area contributed by atoms with Crippen LogP contribution < -0.4 is 0 Å². The Morgan fingerprint density at radius 3 is 2.83 bits per heavy atom. The largest absolute Gasteiger partial charge is 0.476 e. The number of carboxylic acids is 1. The van der Waals surface area contributed by atoms with Gasteiger partial charge in [0.05, 0.1) is 0 Å². The molecule has 4 nitrogen and oxygen atoms in total. The molecule has 1 aromatic rings. The molecular weight excluding hydrogens is 322 g/mol. The summed E-state index contributed by atoms with van der Waals surface area (Å²) in [5.74, 6) is -0.827. The summed E-state index contributed by atoms with van der Waals surface area (Å²) in [5, 5.41) is 14.1. The predicted octanol–water partition coefficient (Wildman–Crippen LogP) is 4.19. The second kappa shape index (κ2) is 7.71. The second-order valence-corrected chi connectivity index (χ2v) is 7.52. The molecule has 0 aliphatic heterocycles. The minimum atomic E-state index is -1.07. The van der Waals surface area contributed by atoms with E-state index in [-0.39, 0.29) is 11.6 Å². The minimum Gasteiger partial charge on any atom is -0.476 e. The van der Waals surface area contributed by atoms with Crippen molar-refractivity contribution in [3.05, 3.63) is 53.6 Å². The van der Waals surface area contributed by atoms with E-state index in [9.17, 15) is 9.90 Å². The molecule has 1 aromatic carbocycles. The van der Waals surface area contributed by atoms with E-state index < -0.39 is 5.97 Å². The number of oxime groups is 1. The average molecular weight is 343 g/mol. The van der Waals surface area contributed by atoms with E-state index in [4.69, 9.17) is 4.84 Å². The molecule has 0 bridgehead atoms. The van der Waals surface area contributed by atoms with Crippen LogP contribution in [0.5, 0.6) is 0 Å². The van der Waals surface area contributed by atoms with E-state index in [0.717, 1.165) is 17.2 Å². The van der Waals surface area contributed by atoms with Crippen molar-refractivity contribution in [2.75, 3.05) is 6.61 Å². The van der Waals surface area contributed by atoms with Crippen LogP contribution in [0, 0.1) is 12.8 Å². The highest BCUT2D eigenvalue weighted by atomic mass is 32.2. The summed E-state index contributed by atoms with van der Waals surface area (Å²) in [6, 6.07) is 5.84. The van der Waals surface area contributed by atoms with Gasteiger partial charge >= 0.3 is 5.97 Å². The Morgan fingerprint density at radius 1 is 1.38 bits per heavy atom. The first-order valence-electron chi connectivity index (χ1n) is 8.18. The number of carbonyl (C=O) groups is 1. The molecule has 1 unspecified atom stereocenters. The zero-order valence-corrected chi connectivity index (χ0v) is 14.5. The van der Waals surface area contributed by atoms with Gasteiger partial charge in [0, 0.05) is 21.6 Å². The molecule has 1 fully saturated rings. The molecule has 0 spiro atoms. The Labute approximate surface area is 146 Å². The highest BCUT2D eigenvalue weighted by molar-refractivity contribution is 8.00. The van der Waals surface area contributed by atoms with Gasteiger partial charge in [0.2, 0.25) is 0 Å². The zero-order chi connectivity index (χ0) is 16.9. The molecule has 0 aromatic heterocycles. The van der Waals surface area contributed by atoms with Gasteiger partial charge in [-0.1, -0.05) is 35.5 Å². The van der Waals surface area contributed by atoms with E-state index in [1.54, 1.807) is 0 Å². The Balaban J connectivity index is 1.69. The predicted molar refractivity (Wildman–Crippen MR) is 96.6 cm³/mol. The monoisotopic (exact) mass is 343 g/mol. The van der Waals surface area contributed by atoms with Crippen LogP contribution in [0.3, 0.4) is 0 Å². The van der Waals surface area contributed by atoms with E-state index in [1.165, 1.54) is 17.7 Å². The van der Waals surface area contributed by atoms with Crippen LogP contribution in [0.1, 0.15) is 30.4 Å². The summed E-state index contributed by atoms with van der Waals surface area (Å²) in [7, 11) is 0. The average Bonchev–Trinajstić information content (AvgIpc) is 3.37. The maximum atomic E-state index is 11.6. The fourth-order valence-corrected chi connectivity index (χ4v) is 3.66. The number of carboxylic acid groups (broad SMARTS) is 1. The molecule has 2 aliphatic carbocycles. The van der Waals surface area contributed by atoms with Gasteiger partial charge in [0.15, 0.2) is 5.71 Å². The van der Waals surface area contributed by atoms with Gasteiger partial charge in [0.25, 0.3) is 0 Å². The fourth-order valence-electron chi connectivity index (χ4n) is 2.51. The third-order valence-corrected chi connectivity index (χ3v) is 5.33. The van der Waals surface area contributed by atoms with Crippen molar-refractivity contribution in [2.24, 2.45) is 11.1 Å². The molecule has 1 saturated carbocycles. The summed E-state index contributed by atoms with van der Waals surface area (Å²) >= 11 is 1.86. The molecule has 0 saturated heterocycles. The number of nitrogens with zero attached hydrogens (tertiary/aromatic N) is 1. The van der Waals surface area contributed by atoms with Crippen molar-refractivity contribution in [2.45, 2.75) is 36.3 Å². The second-order valence-electron chi connectivity index (χ2n) is 6.14. The van der Waals surface area contributed by atoms with Crippen LogP contribution in [-0.2, 0) is 9.63 Å². The lowest BCUT2D eigenvalue weighted by Crippen LogP contribution is -2.17. The van der Waals surface area contributed by atoms with E-state index in [0.29, 0.717) is 12.2 Å². The topological polar surface area (TPSA) is 58.9 Å². The maximum absolute atomic E-state index is 11.6. The third-order valence-electron chi connectivity index (χ3n) is 4.00. The van der Waals surface area contributed by atoms with Crippen LogP contribution in [0.15, 0.2) is 52.6 Å². The summed E-state index contributed by atoms with van der Waals surface area (Å²) in [4.78, 5) is 18.1. The first-order valence-corrected chi connectivity index (χ1v) is 9.05. The fraction of sp³-hybridized carbons (Fsp3) is 0.368. The normalized spacial score (nSPS) is 20.2. The first kappa shape index (κ1) is 16.8. The number of benzene rings is 1. The Kier molecular flexibility index (Phi) is 5.41. The number of aliphatic carboxylic acids is 1. The van der Waals surface area contributed by atoms with Crippen molar-refractivity contribution in [3.63, 3.8) is 0 Å². The summed E-state index contributed by atoms with van der Waals surface area (Å²) < 4.78 is 0. The lowest BCUT2D eigenvalue weighted by molar-refractivity contribution is -0.129. The number of rotatable bonds is 7. The lowest BCUT2D eigenvalue weighted by Gasteiger charge is -2.12. The Bertz CT molecular complexity index is 705. The Morgan fingerprint density at radius 2 is 2.21 bits per heavy atom. The molecular formula is C19H21NO3S. The zero-order valence-electron chi connectivity index (χ0n) is 13.6. The molecule has 0 amide bonds. The van der Waals surface area contributed by atoms with Gasteiger partial charge in [-0.25, -0.2) is 4.79 Å². The molecule has 2 aliphatic rings. The minimum absolute atomic E-state index is 0.0363. The highest BCUT2D eigenvalue weighted by Crippen LogP contribution is 2.39. The van der Waals surface area contributed by atoms with E-state index in [1.807, 2.05) is 55.1 Å². The van der Waals surface area contributed by atoms with E-state index >= 15 is 0 Å². The molecule has 5 heteroatoms. The molecule has 1 N–H and O–H groups in total. The van der Waals surface area contributed by atoms with Gasteiger partial charge in [-0.15, -0.1) is 11.8 Å². The number of allylic oxidation sites excluding steroid dienone is 3. The lowest BCUT2D eigenvalue weighted by atomic mass is 10.0. The molecule has 1 atom stereocenters. The molecule has 0 radical (unpaired) electrons. The quantitative estimate of drug-likeness (QED) is 0.596. The molecule has 0 heterocycles. The van der Waals surface area contributed by atoms with Crippen LogP contribution in [0.4, 0.5) is 0 Å². The van der Waals surface area contributed by atoms with E-state index in [2.05, 4.69) is 11.2 Å². The van der Waals surface area contributed by atoms with Gasteiger partial charge in [-0.3, -0.25) is 0 Å². The van der Waals surface area contributed by atoms with Crippen LogP contribution in [-0.4, -0.2) is 28.6 Å². The summed E-state index contributed by atoms with van der Waals surface area (Å²) in [6.07, 6.45) is 11.5. The molecule has 126 valence electrons. The van der Waals surface area contributed by atoms with Crippen LogP contribution >= 0.6 is 11.8 Å². The van der Waals surface area contributed by atoms with Crippen molar-refractivity contribution in [3.8, 4) is 0 Å². The number of thioether (sulfide) groups is 1. The van der Waals surface area contributed by atoms with Crippen molar-refractivity contribution in [1.82, 2.24) is 0 Å². The van der Waals surface area contributed by atoms with Crippen molar-refractivity contribution < 1.29 is 14.7 Å². The van der Waals surface area contributed by atoms with Crippen LogP contribution in [0.2, 0.25) is 0 Å². The highest BCUT2D eigenvalue weighted by Gasteiger charge is 2.23. The first-order chi connectivity index (χ1) is 11.6. The smallest absolute Gasteiger partial charge is 0.358 e. The van der Waals surface area contributed by atoms with Crippen molar-refractivity contribution in [1.29, 1.82) is 0 Å². The summed E-state index contributed by atoms with van der Waals surface area (Å²) in [6.45, 7) is 2.30. The third kappa shape index (κ3) is 4.51. The van der Waals surface area contributed by atoms with Gasteiger partial charge < -0.3 is 9.94 Å². The number of aryl methyl sites for hydroxylation is 1. The van der Waals surface area contributed by atoms with Crippen molar-refractivity contribution >= 4 is 23.4 Å². The standard InChI is InChI=1S/C19H21NO3S/c1-13-11-16(24-15-7-8-15)9-10-17(13)18(19(21)22)20-23-12-14-5-3-2-4-6-14/h2-5,9-11,14-15H,6-8,12H2,1H3,(H,21,22)/b20-18+. The number of hydrogen-bond acceptors (Lipinski definition) is 4. The molecule has 3 rings (SSSR count). The van der Waals surface area contributed by atoms with Gasteiger partial charge in [-0.05, 0) is 43.9 Å². The van der Waals surface area contributed by atoms with Gasteiger partial charge in [0.1, 0.15) is 6.61 Å². The maximum Gasteiger partial charge on any atom is 0.358 e. The van der Waals surface area contributed by atoms with Crippen LogP contribution in [0.25, 0.3) is 0 Å². The Hall–Kier alpha value is -2.01. The molecule has 24 heavy (non-hydrogen) atoms. The SMILES string of the molecule is Cc1cc(SC2CC2)ccc1/C(=N\OCC1C=CC=CC1)C(=O)O. The number of hydrogen-bond donors (Lipinski definition) is 1. The summed E-state index contributed by atoms with van der Waals surface area (Å²) in [5.41, 5.74) is 1.48.